The van der Waals surface area contributed by atoms with Crippen LogP contribution in [0.5, 0.6) is 0 Å². The lowest BCUT2D eigenvalue weighted by molar-refractivity contribution is 0.0132. The molecule has 1 atom stereocenters. The van der Waals surface area contributed by atoms with Crippen molar-refractivity contribution in [2.45, 2.75) is 52.0 Å². The Morgan fingerprint density at radius 2 is 1.85 bits per heavy atom. The first kappa shape index (κ1) is 23.0. The van der Waals surface area contributed by atoms with Gasteiger partial charge < -0.3 is 14.4 Å². The molecular weight excluding hydrogens is 421 g/mol. The number of fused-ring (bicyclic) bond motifs is 1. The molecule has 1 aromatic heterocycles. The van der Waals surface area contributed by atoms with Crippen LogP contribution in [-0.2, 0) is 22.6 Å². The number of carbonyl (C=O) groups is 1. The minimum Gasteiger partial charge on any atom is -0.444 e. The Morgan fingerprint density at radius 1 is 1.12 bits per heavy atom. The van der Waals surface area contributed by atoms with Crippen LogP contribution in [0.25, 0.3) is 11.3 Å². The summed E-state index contributed by atoms with van der Waals surface area (Å²) < 4.78 is 26.9. The number of benzene rings is 2. The largest absolute Gasteiger partial charge is 0.444 e. The number of hydrogen-bond donors (Lipinski definition) is 0. The second-order valence-corrected chi connectivity index (χ2v) is 9.31. The molecule has 2 heterocycles. The first-order valence-electron chi connectivity index (χ1n) is 11.2. The summed E-state index contributed by atoms with van der Waals surface area (Å²) in [6.07, 6.45) is 0.359. The molecule has 1 aliphatic rings. The van der Waals surface area contributed by atoms with Crippen LogP contribution in [0.2, 0.25) is 0 Å². The van der Waals surface area contributed by atoms with E-state index in [0.29, 0.717) is 32.7 Å². The highest BCUT2D eigenvalue weighted by Crippen LogP contribution is 2.29. The fourth-order valence-electron chi connectivity index (χ4n) is 3.88. The van der Waals surface area contributed by atoms with E-state index >= 15 is 0 Å². The smallest absolute Gasteiger partial charge is 0.410 e. The first-order valence-corrected chi connectivity index (χ1v) is 11.2. The zero-order valence-electron chi connectivity index (χ0n) is 19.3. The summed E-state index contributed by atoms with van der Waals surface area (Å²) in [4.78, 5) is 14.5. The van der Waals surface area contributed by atoms with Gasteiger partial charge in [0.25, 0.3) is 0 Å². The lowest BCUT2D eigenvalue weighted by Gasteiger charge is -2.35. The number of hydrogen-bond acceptors (Lipinski definition) is 4. The molecule has 0 saturated carbocycles. The fraction of sp³-hybridized carbons (Fsp3) is 0.385. The Balaban J connectivity index is 1.50. The molecule has 0 aliphatic carbocycles. The molecule has 0 saturated heterocycles. The molecule has 0 N–H and O–H groups in total. The number of aromatic nitrogens is 2. The molecule has 0 bridgehead atoms. The van der Waals surface area contributed by atoms with E-state index < -0.39 is 5.60 Å². The van der Waals surface area contributed by atoms with Gasteiger partial charge in [0, 0.05) is 18.7 Å². The molecule has 0 radical (unpaired) electrons. The minimum absolute atomic E-state index is 0.0498. The van der Waals surface area contributed by atoms with E-state index in [1.807, 2.05) is 61.9 Å². The van der Waals surface area contributed by atoms with Crippen LogP contribution < -0.4 is 0 Å². The van der Waals surface area contributed by atoms with Crippen LogP contribution in [0.15, 0.2) is 60.7 Å². The molecule has 4 rings (SSSR count). The minimum atomic E-state index is -0.567. The van der Waals surface area contributed by atoms with Crippen LogP contribution >= 0.6 is 0 Å². The number of amides is 1. The Labute approximate surface area is 193 Å². The van der Waals surface area contributed by atoms with Crippen molar-refractivity contribution in [1.82, 2.24) is 14.7 Å². The van der Waals surface area contributed by atoms with Crippen molar-refractivity contribution in [3.05, 3.63) is 77.7 Å². The van der Waals surface area contributed by atoms with E-state index in [1.165, 1.54) is 12.1 Å². The lowest BCUT2D eigenvalue weighted by Crippen LogP contribution is -2.44. The fourth-order valence-corrected chi connectivity index (χ4v) is 3.88. The summed E-state index contributed by atoms with van der Waals surface area (Å²) in [6, 6.07) is 18.2. The molecular formula is C26H30FN3O3. The van der Waals surface area contributed by atoms with Crippen LogP contribution in [0.1, 0.15) is 44.5 Å². The number of ether oxygens (including phenoxy) is 2. The van der Waals surface area contributed by atoms with Gasteiger partial charge in [-0.2, -0.15) is 5.10 Å². The van der Waals surface area contributed by atoms with Gasteiger partial charge in [0.1, 0.15) is 11.4 Å². The second kappa shape index (κ2) is 9.75. The van der Waals surface area contributed by atoms with Gasteiger partial charge in [-0.3, -0.25) is 4.68 Å². The summed E-state index contributed by atoms with van der Waals surface area (Å²) in [5.41, 5.74) is 3.06. The highest BCUT2D eigenvalue weighted by Gasteiger charge is 2.32. The summed E-state index contributed by atoms with van der Waals surface area (Å²) in [5, 5.41) is 4.80. The van der Waals surface area contributed by atoms with Crippen molar-refractivity contribution >= 4 is 6.09 Å². The summed E-state index contributed by atoms with van der Waals surface area (Å²) in [5.74, 6) is -0.285. The van der Waals surface area contributed by atoms with Crippen LogP contribution in [0, 0.1) is 5.82 Å². The maximum Gasteiger partial charge on any atom is 0.410 e. The van der Waals surface area contributed by atoms with Gasteiger partial charge in [0.05, 0.1) is 30.6 Å². The van der Waals surface area contributed by atoms with Crippen molar-refractivity contribution < 1.29 is 18.7 Å². The third-order valence-electron chi connectivity index (χ3n) is 5.44. The second-order valence-electron chi connectivity index (χ2n) is 9.31. The highest BCUT2D eigenvalue weighted by atomic mass is 19.1. The molecule has 174 valence electrons. The molecule has 1 amide bonds. The molecule has 0 fully saturated rings. The van der Waals surface area contributed by atoms with E-state index in [1.54, 1.807) is 17.0 Å². The molecule has 3 aromatic rings. The Bertz CT molecular complexity index is 1070. The van der Waals surface area contributed by atoms with Crippen molar-refractivity contribution in [2.75, 3.05) is 13.2 Å². The van der Waals surface area contributed by atoms with Crippen molar-refractivity contribution in [2.24, 2.45) is 0 Å². The monoisotopic (exact) mass is 451 g/mol. The number of halogens is 1. The predicted molar refractivity (Wildman–Crippen MR) is 124 cm³/mol. The molecule has 1 unspecified atom stereocenters. The first-order chi connectivity index (χ1) is 15.8. The zero-order valence-corrected chi connectivity index (χ0v) is 19.3. The average molecular weight is 452 g/mol. The van der Waals surface area contributed by atoms with E-state index in [2.05, 4.69) is 0 Å². The topological polar surface area (TPSA) is 56.6 Å². The van der Waals surface area contributed by atoms with Gasteiger partial charge in [0.2, 0.25) is 0 Å². The molecule has 0 spiro atoms. The van der Waals surface area contributed by atoms with E-state index in [-0.39, 0.29) is 18.0 Å². The Kier molecular flexibility index (Phi) is 6.79. The molecule has 6 nitrogen and oxygen atoms in total. The van der Waals surface area contributed by atoms with Crippen LogP contribution in [0.4, 0.5) is 9.18 Å². The van der Waals surface area contributed by atoms with Gasteiger partial charge >= 0.3 is 6.09 Å². The number of rotatable bonds is 6. The molecule has 2 aromatic carbocycles. The predicted octanol–water partition coefficient (Wildman–Crippen LogP) is 5.59. The molecule has 1 aliphatic heterocycles. The van der Waals surface area contributed by atoms with Gasteiger partial charge in [-0.1, -0.05) is 30.3 Å². The standard InChI is InChI=1S/C26H30FN3O3/c1-26(2,3)33-25(31)29-16-22(13-14-32-18-19-7-5-4-6-8-19)30-23(17-29)15-24(28-30)20-9-11-21(27)12-10-20/h4-12,15,22H,13-14,16-18H2,1-3H3. The Morgan fingerprint density at radius 3 is 2.55 bits per heavy atom. The van der Waals surface area contributed by atoms with Gasteiger partial charge in [-0.05, 0) is 63.1 Å². The summed E-state index contributed by atoms with van der Waals surface area (Å²) in [6.45, 7) is 7.55. The van der Waals surface area contributed by atoms with Crippen molar-refractivity contribution in [3.8, 4) is 11.3 Å². The quantitative estimate of drug-likeness (QED) is 0.459. The normalized spacial score (nSPS) is 15.9. The summed E-state index contributed by atoms with van der Waals surface area (Å²) in [7, 11) is 0. The maximum absolute atomic E-state index is 13.4. The average Bonchev–Trinajstić information content (AvgIpc) is 3.21. The van der Waals surface area contributed by atoms with Crippen LogP contribution in [-0.4, -0.2) is 39.5 Å². The van der Waals surface area contributed by atoms with Crippen molar-refractivity contribution in [1.29, 1.82) is 0 Å². The SMILES string of the molecule is CC(C)(C)OC(=O)N1Cc2cc(-c3ccc(F)cc3)nn2C(CCOCc2ccccc2)C1. The van der Waals surface area contributed by atoms with Crippen molar-refractivity contribution in [3.63, 3.8) is 0 Å². The third kappa shape index (κ3) is 5.99. The number of nitrogens with zero attached hydrogens (tertiary/aromatic N) is 3. The Hall–Kier alpha value is -3.19. The maximum atomic E-state index is 13.4. The number of carbonyl (C=O) groups excluding carboxylic acids is 1. The molecule has 7 heteroatoms. The van der Waals surface area contributed by atoms with E-state index in [0.717, 1.165) is 22.5 Å². The highest BCUT2D eigenvalue weighted by molar-refractivity contribution is 5.68. The van der Waals surface area contributed by atoms with Gasteiger partial charge in [0.15, 0.2) is 0 Å². The van der Waals surface area contributed by atoms with E-state index in [4.69, 9.17) is 14.6 Å². The zero-order chi connectivity index (χ0) is 23.4. The van der Waals surface area contributed by atoms with Crippen LogP contribution in [0.3, 0.4) is 0 Å². The molecule has 33 heavy (non-hydrogen) atoms. The lowest BCUT2D eigenvalue weighted by atomic mass is 10.1. The van der Waals surface area contributed by atoms with Gasteiger partial charge in [-0.25, -0.2) is 9.18 Å². The van der Waals surface area contributed by atoms with Gasteiger partial charge in [-0.15, -0.1) is 0 Å². The van der Waals surface area contributed by atoms with E-state index in [9.17, 15) is 9.18 Å². The summed E-state index contributed by atoms with van der Waals surface area (Å²) >= 11 is 0. The third-order valence-corrected chi connectivity index (χ3v) is 5.44.